The maximum atomic E-state index is 12.7. The number of aliphatic imine (C=N–C) groups is 2. The van der Waals surface area contributed by atoms with Crippen LogP contribution in [0, 0.1) is 0 Å². The normalized spacial score (nSPS) is 15.6. The quantitative estimate of drug-likeness (QED) is 0.416. The average molecular weight is 495 g/mol. The van der Waals surface area contributed by atoms with Crippen molar-refractivity contribution in [2.45, 2.75) is 6.42 Å². The highest BCUT2D eigenvalue weighted by molar-refractivity contribution is 6.21. The maximum absolute atomic E-state index is 12.7. The van der Waals surface area contributed by atoms with Crippen molar-refractivity contribution in [3.63, 3.8) is 0 Å². The Morgan fingerprint density at radius 1 is 1.00 bits per heavy atom. The summed E-state index contributed by atoms with van der Waals surface area (Å²) in [6.45, 7) is 1.81. The van der Waals surface area contributed by atoms with Crippen molar-refractivity contribution in [3.05, 3.63) is 89.2 Å². The van der Waals surface area contributed by atoms with Gasteiger partial charge < -0.3 is 4.74 Å². The molecule has 0 radical (unpaired) electrons. The Morgan fingerprint density at radius 2 is 1.81 bits per heavy atom. The number of pyridine rings is 1. The number of aromatic nitrogens is 1. The highest BCUT2D eigenvalue weighted by Gasteiger charge is 2.34. The fourth-order valence-corrected chi connectivity index (χ4v) is 4.56. The van der Waals surface area contributed by atoms with Crippen LogP contribution in [0.1, 0.15) is 43.1 Å². The molecule has 0 atom stereocenters. The number of hydrogen-bond donors (Lipinski definition) is 1. The fraction of sp³-hybridized carbons (Fsp3) is 0.185. The summed E-state index contributed by atoms with van der Waals surface area (Å²) < 4.78 is 5.91. The molecule has 0 aliphatic carbocycles. The van der Waals surface area contributed by atoms with E-state index in [0.717, 1.165) is 11.4 Å². The van der Waals surface area contributed by atoms with Crippen LogP contribution in [0.25, 0.3) is 0 Å². The number of amidine groups is 1. The van der Waals surface area contributed by atoms with Crippen LogP contribution < -0.4 is 10.1 Å². The molecule has 0 saturated carbocycles. The molecule has 6 rings (SSSR count). The van der Waals surface area contributed by atoms with E-state index in [1.54, 1.807) is 48.7 Å². The molecule has 0 saturated heterocycles. The molecule has 2 aromatic carbocycles. The van der Waals surface area contributed by atoms with E-state index in [0.29, 0.717) is 60.2 Å². The summed E-state index contributed by atoms with van der Waals surface area (Å²) in [6.07, 6.45) is 3.59. The van der Waals surface area contributed by atoms with Crippen molar-refractivity contribution in [1.29, 1.82) is 0 Å². The lowest BCUT2D eigenvalue weighted by molar-refractivity contribution is 0.0646. The average Bonchev–Trinajstić information content (AvgIpc) is 3.51. The third kappa shape index (κ3) is 4.12. The Labute approximate surface area is 212 Å². The van der Waals surface area contributed by atoms with Gasteiger partial charge in [-0.2, -0.15) is 0 Å². The lowest BCUT2D eigenvalue weighted by Crippen LogP contribution is -2.47. The fourth-order valence-electron chi connectivity index (χ4n) is 4.56. The van der Waals surface area contributed by atoms with E-state index in [9.17, 15) is 14.4 Å². The van der Waals surface area contributed by atoms with Crippen molar-refractivity contribution >= 4 is 35.2 Å². The summed E-state index contributed by atoms with van der Waals surface area (Å²) in [5.41, 5.74) is 2.81. The van der Waals surface area contributed by atoms with Crippen LogP contribution in [-0.4, -0.2) is 70.5 Å². The Bertz CT molecular complexity index is 1450. The minimum atomic E-state index is -0.304. The van der Waals surface area contributed by atoms with E-state index in [1.165, 1.54) is 11.1 Å². The topological polar surface area (TPSA) is 117 Å². The zero-order valence-corrected chi connectivity index (χ0v) is 19.8. The van der Waals surface area contributed by atoms with Gasteiger partial charge in [-0.1, -0.05) is 12.1 Å². The summed E-state index contributed by atoms with van der Waals surface area (Å²) in [4.78, 5) is 54.2. The molecule has 0 unspecified atom stereocenters. The first-order valence-corrected chi connectivity index (χ1v) is 11.9. The number of hydrogen-bond acceptors (Lipinski definition) is 8. The zero-order chi connectivity index (χ0) is 25.4. The van der Waals surface area contributed by atoms with Gasteiger partial charge in [0.1, 0.15) is 11.6 Å². The number of imide groups is 1. The molecule has 184 valence electrons. The molecule has 3 amide bonds. The first kappa shape index (κ1) is 22.6. The highest BCUT2D eigenvalue weighted by atomic mass is 16.5. The number of rotatable bonds is 6. The number of nitrogens with zero attached hydrogens (tertiary/aromatic N) is 5. The third-order valence-electron chi connectivity index (χ3n) is 6.36. The van der Waals surface area contributed by atoms with Crippen molar-refractivity contribution in [2.24, 2.45) is 9.98 Å². The summed E-state index contributed by atoms with van der Waals surface area (Å²) in [6, 6.07) is 15.8. The molecule has 3 aliphatic heterocycles. The largest absolute Gasteiger partial charge is 0.493 e. The van der Waals surface area contributed by atoms with Gasteiger partial charge in [-0.3, -0.25) is 39.5 Å². The lowest BCUT2D eigenvalue weighted by atomic mass is 10.1. The summed E-state index contributed by atoms with van der Waals surface area (Å²) in [7, 11) is 0. The number of guanidine groups is 1. The predicted octanol–water partition coefficient (Wildman–Crippen LogP) is 2.64. The first-order valence-electron chi connectivity index (χ1n) is 11.9. The van der Waals surface area contributed by atoms with E-state index in [4.69, 9.17) is 4.74 Å². The number of fused-ring (bicyclic) bond motifs is 4. The van der Waals surface area contributed by atoms with E-state index in [2.05, 4.69) is 20.3 Å². The number of amides is 3. The van der Waals surface area contributed by atoms with E-state index < -0.39 is 0 Å². The lowest BCUT2D eigenvalue weighted by Gasteiger charge is -2.27. The van der Waals surface area contributed by atoms with Crippen LogP contribution in [0.15, 0.2) is 77.0 Å². The van der Waals surface area contributed by atoms with E-state index in [1.807, 2.05) is 17.0 Å². The van der Waals surface area contributed by atoms with Crippen molar-refractivity contribution < 1.29 is 19.1 Å². The molecule has 0 bridgehead atoms. The van der Waals surface area contributed by atoms with Gasteiger partial charge in [0.25, 0.3) is 17.7 Å². The van der Waals surface area contributed by atoms with Gasteiger partial charge in [0.2, 0.25) is 5.96 Å². The Balaban J connectivity index is 1.13. The number of carbonyl (C=O) groups is 3. The molecule has 3 aromatic rings. The van der Waals surface area contributed by atoms with Gasteiger partial charge in [0, 0.05) is 37.1 Å². The van der Waals surface area contributed by atoms with Crippen molar-refractivity contribution in [1.82, 2.24) is 20.1 Å². The van der Waals surface area contributed by atoms with E-state index in [-0.39, 0.29) is 24.3 Å². The van der Waals surface area contributed by atoms with Crippen molar-refractivity contribution in [3.8, 4) is 5.75 Å². The molecule has 0 fully saturated rings. The van der Waals surface area contributed by atoms with Gasteiger partial charge in [0.15, 0.2) is 0 Å². The monoisotopic (exact) mass is 494 g/mol. The number of benzene rings is 2. The second-order valence-corrected chi connectivity index (χ2v) is 8.68. The highest BCUT2D eigenvalue weighted by Crippen LogP contribution is 2.32. The van der Waals surface area contributed by atoms with Crippen LogP contribution in [0.3, 0.4) is 0 Å². The summed E-state index contributed by atoms with van der Waals surface area (Å²) >= 11 is 0. The number of ether oxygens (including phenoxy) is 1. The Kier molecular flexibility index (Phi) is 5.68. The van der Waals surface area contributed by atoms with Gasteiger partial charge in [-0.05, 0) is 42.8 Å². The predicted molar refractivity (Wildman–Crippen MR) is 135 cm³/mol. The molecule has 10 heteroatoms. The molecule has 37 heavy (non-hydrogen) atoms. The molecule has 3 aliphatic rings. The molecule has 10 nitrogen and oxygen atoms in total. The minimum absolute atomic E-state index is 0.270. The van der Waals surface area contributed by atoms with E-state index >= 15 is 0 Å². The second-order valence-electron chi connectivity index (χ2n) is 8.68. The maximum Gasteiger partial charge on any atom is 0.261 e. The van der Waals surface area contributed by atoms with Crippen LogP contribution in [0.2, 0.25) is 0 Å². The minimum Gasteiger partial charge on any atom is -0.493 e. The number of carbonyl (C=O) groups excluding carboxylic acids is 3. The summed E-state index contributed by atoms with van der Waals surface area (Å²) in [5, 5.41) is 2.87. The van der Waals surface area contributed by atoms with Gasteiger partial charge >= 0.3 is 0 Å². The molecular formula is C27H22N6O4. The SMILES string of the molecule is O=C(NC1=Nc2cc(OCCCN3C(=O)c4ccccc4C3=O)ccc2C2=NCCN12)c1cccnc1. The smallest absolute Gasteiger partial charge is 0.261 e. The molecule has 0 spiro atoms. The molecule has 1 aromatic heterocycles. The van der Waals surface area contributed by atoms with Crippen LogP contribution in [0.4, 0.5) is 5.69 Å². The van der Waals surface area contributed by atoms with Crippen LogP contribution in [0.5, 0.6) is 5.75 Å². The van der Waals surface area contributed by atoms with Gasteiger partial charge in [-0.25, -0.2) is 4.99 Å². The standard InChI is InChI=1S/C27H22N6O4/c34-24(17-5-3-10-28-16-17)31-27-30-22-15-18(8-9-21(22)23-29-11-13-32(23)27)37-14-4-12-33-25(35)19-6-1-2-7-20(19)26(33)36/h1-3,5-10,15-16H,4,11-14H2,(H,30,31,34). The Hall–Kier alpha value is -4.86. The van der Waals surface area contributed by atoms with Gasteiger partial charge in [-0.15, -0.1) is 0 Å². The van der Waals surface area contributed by atoms with Crippen molar-refractivity contribution in [2.75, 3.05) is 26.2 Å². The summed E-state index contributed by atoms with van der Waals surface area (Å²) in [5.74, 6) is 0.902. The van der Waals surface area contributed by atoms with Crippen LogP contribution >= 0.6 is 0 Å². The molecular weight excluding hydrogens is 472 g/mol. The zero-order valence-electron chi connectivity index (χ0n) is 19.8. The van der Waals surface area contributed by atoms with Gasteiger partial charge in [0.05, 0.1) is 35.5 Å². The Morgan fingerprint density at radius 3 is 2.57 bits per heavy atom. The first-order chi connectivity index (χ1) is 18.1. The third-order valence-corrected chi connectivity index (χ3v) is 6.36. The van der Waals surface area contributed by atoms with Crippen LogP contribution in [-0.2, 0) is 0 Å². The molecule has 1 N–H and O–H groups in total. The molecule has 4 heterocycles. The number of nitrogens with one attached hydrogen (secondary N) is 1. The second kappa shape index (κ2) is 9.30.